The molecule has 106 valence electrons. The van der Waals surface area contributed by atoms with E-state index in [0.29, 0.717) is 25.6 Å². The third-order valence-electron chi connectivity index (χ3n) is 3.35. The van der Waals surface area contributed by atoms with Gasteiger partial charge in [0.25, 0.3) is 0 Å². The second kappa shape index (κ2) is 9.30. The van der Waals surface area contributed by atoms with Gasteiger partial charge in [-0.2, -0.15) is 0 Å². The highest BCUT2D eigenvalue weighted by Crippen LogP contribution is 2.11. The molecule has 2 N–H and O–H groups in total. The maximum atomic E-state index is 11.7. The number of amides is 1. The number of ether oxygens (including phenoxy) is 2. The van der Waals surface area contributed by atoms with Gasteiger partial charge in [-0.1, -0.05) is 6.42 Å². The average molecular weight is 258 g/mol. The van der Waals surface area contributed by atoms with Crippen molar-refractivity contribution < 1.29 is 14.3 Å². The average Bonchev–Trinajstić information content (AvgIpc) is 2.42. The molecule has 0 bridgehead atoms. The van der Waals surface area contributed by atoms with Crippen LogP contribution in [0.3, 0.4) is 0 Å². The van der Waals surface area contributed by atoms with E-state index in [2.05, 4.69) is 10.6 Å². The Labute approximate surface area is 110 Å². The zero-order chi connectivity index (χ0) is 13.2. The number of methoxy groups -OCH3 is 2. The summed E-state index contributed by atoms with van der Waals surface area (Å²) in [5.41, 5.74) is 0. The van der Waals surface area contributed by atoms with Crippen LogP contribution in [0.25, 0.3) is 0 Å². The summed E-state index contributed by atoms with van der Waals surface area (Å²) in [6.45, 7) is 2.11. The summed E-state index contributed by atoms with van der Waals surface area (Å²) >= 11 is 0. The molecule has 0 saturated carbocycles. The van der Waals surface area contributed by atoms with Crippen LogP contribution < -0.4 is 10.6 Å². The summed E-state index contributed by atoms with van der Waals surface area (Å²) in [6.07, 6.45) is 5.17. The zero-order valence-electron chi connectivity index (χ0n) is 11.5. The smallest absolute Gasteiger partial charge is 0.220 e. The van der Waals surface area contributed by atoms with Crippen LogP contribution in [0.15, 0.2) is 0 Å². The normalized spacial score (nSPS) is 21.6. The predicted molar refractivity (Wildman–Crippen MR) is 70.6 cm³/mol. The Morgan fingerprint density at radius 2 is 2.28 bits per heavy atom. The molecule has 1 amide bonds. The first-order valence-corrected chi connectivity index (χ1v) is 6.78. The fraction of sp³-hybridized carbons (Fsp3) is 0.923. The van der Waals surface area contributed by atoms with Gasteiger partial charge in [-0.05, 0) is 25.8 Å². The standard InChI is InChI=1S/C13H26N2O3/c1-17-10-12(18-2)9-15-13(16)7-6-11-5-3-4-8-14-11/h11-12,14H,3-10H2,1-2H3,(H,15,16). The predicted octanol–water partition coefficient (Wildman–Crippen LogP) is 0.686. The van der Waals surface area contributed by atoms with Crippen molar-refractivity contribution >= 4 is 5.91 Å². The van der Waals surface area contributed by atoms with Gasteiger partial charge in [0.05, 0.1) is 12.7 Å². The number of piperidine rings is 1. The van der Waals surface area contributed by atoms with Crippen molar-refractivity contribution in [3.63, 3.8) is 0 Å². The molecule has 5 heteroatoms. The fourth-order valence-electron chi connectivity index (χ4n) is 2.19. The summed E-state index contributed by atoms with van der Waals surface area (Å²) in [5.74, 6) is 0.0977. The Kier molecular flexibility index (Phi) is 7.96. The van der Waals surface area contributed by atoms with E-state index >= 15 is 0 Å². The quantitative estimate of drug-likeness (QED) is 0.672. The van der Waals surface area contributed by atoms with Gasteiger partial charge in [-0.25, -0.2) is 0 Å². The SMILES string of the molecule is COCC(CNC(=O)CCC1CCCCN1)OC. The third-order valence-corrected chi connectivity index (χ3v) is 3.35. The Bertz CT molecular complexity index is 220. The Morgan fingerprint density at radius 3 is 2.89 bits per heavy atom. The van der Waals surface area contributed by atoms with E-state index in [1.807, 2.05) is 0 Å². The van der Waals surface area contributed by atoms with Gasteiger partial charge in [0.1, 0.15) is 0 Å². The maximum Gasteiger partial charge on any atom is 0.220 e. The van der Waals surface area contributed by atoms with Crippen LogP contribution in [0.4, 0.5) is 0 Å². The monoisotopic (exact) mass is 258 g/mol. The van der Waals surface area contributed by atoms with Crippen LogP contribution in [0.1, 0.15) is 32.1 Å². The lowest BCUT2D eigenvalue weighted by Gasteiger charge is -2.23. The molecule has 1 aliphatic heterocycles. The molecule has 2 atom stereocenters. The molecule has 1 rings (SSSR count). The lowest BCUT2D eigenvalue weighted by Crippen LogP contribution is -2.38. The first-order chi connectivity index (χ1) is 8.76. The first-order valence-electron chi connectivity index (χ1n) is 6.78. The molecule has 0 aromatic carbocycles. The van der Waals surface area contributed by atoms with E-state index in [9.17, 15) is 4.79 Å². The van der Waals surface area contributed by atoms with Crippen molar-refractivity contribution in [1.29, 1.82) is 0 Å². The fourth-order valence-corrected chi connectivity index (χ4v) is 2.19. The highest BCUT2D eigenvalue weighted by atomic mass is 16.5. The Balaban J connectivity index is 2.08. The molecule has 0 radical (unpaired) electrons. The van der Waals surface area contributed by atoms with E-state index in [1.165, 1.54) is 19.3 Å². The van der Waals surface area contributed by atoms with Crippen LogP contribution in [0.5, 0.6) is 0 Å². The van der Waals surface area contributed by atoms with Crippen LogP contribution in [0, 0.1) is 0 Å². The van der Waals surface area contributed by atoms with Crippen molar-refractivity contribution in [2.45, 2.75) is 44.2 Å². The van der Waals surface area contributed by atoms with Crippen molar-refractivity contribution in [1.82, 2.24) is 10.6 Å². The third kappa shape index (κ3) is 6.33. The molecule has 5 nitrogen and oxygen atoms in total. The van der Waals surface area contributed by atoms with Gasteiger partial charge in [0.15, 0.2) is 0 Å². The highest BCUT2D eigenvalue weighted by Gasteiger charge is 2.14. The van der Waals surface area contributed by atoms with Crippen LogP contribution in [0.2, 0.25) is 0 Å². The Morgan fingerprint density at radius 1 is 1.44 bits per heavy atom. The van der Waals surface area contributed by atoms with Gasteiger partial charge in [-0.3, -0.25) is 4.79 Å². The summed E-state index contributed by atoms with van der Waals surface area (Å²) in [4.78, 5) is 11.7. The summed E-state index contributed by atoms with van der Waals surface area (Å²) in [5, 5.41) is 6.33. The van der Waals surface area contributed by atoms with Gasteiger partial charge in [-0.15, -0.1) is 0 Å². The number of carbonyl (C=O) groups excluding carboxylic acids is 1. The maximum absolute atomic E-state index is 11.7. The molecule has 1 fully saturated rings. The zero-order valence-corrected chi connectivity index (χ0v) is 11.5. The van der Waals surface area contributed by atoms with Crippen molar-refractivity contribution in [2.75, 3.05) is 33.9 Å². The second-order valence-corrected chi connectivity index (χ2v) is 4.80. The molecule has 0 spiro atoms. The molecule has 1 aliphatic rings. The van der Waals surface area contributed by atoms with Gasteiger partial charge in [0, 0.05) is 33.2 Å². The highest BCUT2D eigenvalue weighted by molar-refractivity contribution is 5.75. The topological polar surface area (TPSA) is 59.6 Å². The van der Waals surface area contributed by atoms with E-state index in [-0.39, 0.29) is 12.0 Å². The van der Waals surface area contributed by atoms with E-state index in [4.69, 9.17) is 9.47 Å². The van der Waals surface area contributed by atoms with Crippen molar-refractivity contribution in [2.24, 2.45) is 0 Å². The Hall–Kier alpha value is -0.650. The van der Waals surface area contributed by atoms with Crippen molar-refractivity contribution in [3.8, 4) is 0 Å². The van der Waals surface area contributed by atoms with Crippen LogP contribution >= 0.6 is 0 Å². The molecule has 2 unspecified atom stereocenters. The number of hydrogen-bond donors (Lipinski definition) is 2. The second-order valence-electron chi connectivity index (χ2n) is 4.80. The van der Waals surface area contributed by atoms with Crippen LogP contribution in [-0.2, 0) is 14.3 Å². The molecular formula is C13H26N2O3. The lowest BCUT2D eigenvalue weighted by atomic mass is 10.0. The van der Waals surface area contributed by atoms with E-state index in [1.54, 1.807) is 14.2 Å². The van der Waals surface area contributed by atoms with Gasteiger partial charge in [0.2, 0.25) is 5.91 Å². The van der Waals surface area contributed by atoms with Gasteiger partial charge >= 0.3 is 0 Å². The number of nitrogens with one attached hydrogen (secondary N) is 2. The molecule has 1 heterocycles. The van der Waals surface area contributed by atoms with E-state index < -0.39 is 0 Å². The minimum Gasteiger partial charge on any atom is -0.382 e. The molecular weight excluding hydrogens is 232 g/mol. The summed E-state index contributed by atoms with van der Waals surface area (Å²) in [6, 6.07) is 0.515. The molecule has 18 heavy (non-hydrogen) atoms. The summed E-state index contributed by atoms with van der Waals surface area (Å²) < 4.78 is 10.2. The lowest BCUT2D eigenvalue weighted by molar-refractivity contribution is -0.122. The largest absolute Gasteiger partial charge is 0.382 e. The van der Waals surface area contributed by atoms with E-state index in [0.717, 1.165) is 13.0 Å². The molecule has 1 saturated heterocycles. The number of carbonyl (C=O) groups is 1. The van der Waals surface area contributed by atoms with Gasteiger partial charge < -0.3 is 20.1 Å². The minimum absolute atomic E-state index is 0.0632. The first kappa shape index (κ1) is 15.4. The number of hydrogen-bond acceptors (Lipinski definition) is 4. The number of rotatable bonds is 8. The van der Waals surface area contributed by atoms with Crippen molar-refractivity contribution in [3.05, 3.63) is 0 Å². The molecule has 0 aromatic heterocycles. The molecule has 0 aromatic rings. The molecule has 0 aliphatic carbocycles. The van der Waals surface area contributed by atoms with Crippen LogP contribution in [-0.4, -0.2) is 52.0 Å². The summed E-state index contributed by atoms with van der Waals surface area (Å²) in [7, 11) is 3.25. The minimum atomic E-state index is -0.0632.